The summed E-state index contributed by atoms with van der Waals surface area (Å²) < 4.78 is 3.24. The van der Waals surface area contributed by atoms with Crippen LogP contribution in [-0.2, 0) is 13.1 Å². The average molecular weight is 314 g/mol. The van der Waals surface area contributed by atoms with Gasteiger partial charge in [0.15, 0.2) is 5.65 Å². The number of fused-ring (bicyclic) bond motifs is 1. The zero-order valence-electron chi connectivity index (χ0n) is 13.0. The van der Waals surface area contributed by atoms with Gasteiger partial charge in [-0.05, 0) is 13.3 Å². The van der Waals surface area contributed by atoms with Gasteiger partial charge in [0.1, 0.15) is 11.4 Å². The first-order valence-corrected chi connectivity index (χ1v) is 7.45. The summed E-state index contributed by atoms with van der Waals surface area (Å²) in [5.74, 6) is 0.292. The van der Waals surface area contributed by atoms with E-state index in [1.165, 1.54) is 10.7 Å². The second-order valence-corrected chi connectivity index (χ2v) is 5.33. The molecule has 8 heteroatoms. The fourth-order valence-corrected chi connectivity index (χ4v) is 2.44. The minimum absolute atomic E-state index is 0.00190. The molecule has 3 heterocycles. The molecular formula is C15H18N6O2. The lowest BCUT2D eigenvalue weighted by Gasteiger charge is -2.07. The Kier molecular flexibility index (Phi) is 3.96. The number of aryl methyl sites for hydroxylation is 2. The van der Waals surface area contributed by atoms with Crippen molar-refractivity contribution < 1.29 is 4.79 Å². The summed E-state index contributed by atoms with van der Waals surface area (Å²) in [5.41, 5.74) is 0.867. The highest BCUT2D eigenvalue weighted by atomic mass is 16.2. The lowest BCUT2D eigenvalue weighted by molar-refractivity contribution is 0.0947. The third-order valence-corrected chi connectivity index (χ3v) is 3.54. The van der Waals surface area contributed by atoms with Crippen LogP contribution in [0.2, 0.25) is 0 Å². The number of hydrogen-bond acceptors (Lipinski definition) is 4. The van der Waals surface area contributed by atoms with Crippen molar-refractivity contribution in [3.8, 4) is 0 Å². The fraction of sp³-hybridized carbons (Fsp3) is 0.333. The summed E-state index contributed by atoms with van der Waals surface area (Å²) in [4.78, 5) is 32.9. The van der Waals surface area contributed by atoms with Crippen LogP contribution in [0.5, 0.6) is 0 Å². The molecule has 23 heavy (non-hydrogen) atoms. The smallest absolute Gasteiger partial charge is 0.285 e. The first kappa shape index (κ1) is 15.0. The maximum atomic E-state index is 12.3. The van der Waals surface area contributed by atoms with Gasteiger partial charge in [-0.1, -0.05) is 6.92 Å². The highest BCUT2D eigenvalue weighted by Gasteiger charge is 2.15. The molecule has 0 aliphatic carbocycles. The molecule has 0 unspecified atom stereocenters. The van der Waals surface area contributed by atoms with Crippen molar-refractivity contribution in [1.29, 1.82) is 0 Å². The van der Waals surface area contributed by atoms with E-state index in [2.05, 4.69) is 27.3 Å². The number of imidazole rings is 1. The molecule has 120 valence electrons. The normalized spacial score (nSPS) is 11.0. The SMILES string of the molecule is CCCn1ccnc1CNC(=O)c1cnc2cc(C)[nH]n2c1=O. The predicted octanol–water partition coefficient (Wildman–Crippen LogP) is 0.868. The van der Waals surface area contributed by atoms with E-state index in [-0.39, 0.29) is 12.1 Å². The molecule has 3 rings (SSSR count). The Labute approximate surface area is 132 Å². The van der Waals surface area contributed by atoms with Gasteiger partial charge in [-0.15, -0.1) is 0 Å². The van der Waals surface area contributed by atoms with Crippen LogP contribution in [0.1, 0.15) is 35.2 Å². The molecule has 0 bridgehead atoms. The minimum atomic E-state index is -0.463. The Hall–Kier alpha value is -2.90. The van der Waals surface area contributed by atoms with E-state index in [1.807, 2.05) is 17.7 Å². The first-order chi connectivity index (χ1) is 11.1. The third-order valence-electron chi connectivity index (χ3n) is 3.54. The summed E-state index contributed by atoms with van der Waals surface area (Å²) in [5, 5.41) is 5.59. The number of aromatic nitrogens is 5. The summed E-state index contributed by atoms with van der Waals surface area (Å²) in [6.07, 6.45) is 5.85. The number of aromatic amines is 1. The topological polar surface area (TPSA) is 97.1 Å². The predicted molar refractivity (Wildman–Crippen MR) is 84.2 cm³/mol. The van der Waals surface area contributed by atoms with Crippen LogP contribution in [0, 0.1) is 6.92 Å². The van der Waals surface area contributed by atoms with Crippen molar-refractivity contribution in [2.45, 2.75) is 33.4 Å². The highest BCUT2D eigenvalue weighted by molar-refractivity contribution is 5.93. The maximum absolute atomic E-state index is 12.3. The van der Waals surface area contributed by atoms with Crippen LogP contribution in [-0.4, -0.2) is 30.1 Å². The van der Waals surface area contributed by atoms with Crippen molar-refractivity contribution in [1.82, 2.24) is 29.5 Å². The third kappa shape index (κ3) is 2.87. The lowest BCUT2D eigenvalue weighted by atomic mass is 10.3. The molecular weight excluding hydrogens is 296 g/mol. The van der Waals surface area contributed by atoms with E-state index in [4.69, 9.17) is 0 Å². The second kappa shape index (κ2) is 6.07. The van der Waals surface area contributed by atoms with Gasteiger partial charge < -0.3 is 9.88 Å². The Morgan fingerprint density at radius 2 is 2.22 bits per heavy atom. The Balaban J connectivity index is 1.79. The van der Waals surface area contributed by atoms with Gasteiger partial charge in [0.05, 0.1) is 6.54 Å². The minimum Gasteiger partial charge on any atom is -0.345 e. The quantitative estimate of drug-likeness (QED) is 0.730. The van der Waals surface area contributed by atoms with Gasteiger partial charge in [-0.2, -0.15) is 0 Å². The van der Waals surface area contributed by atoms with Gasteiger partial charge >= 0.3 is 0 Å². The molecule has 0 saturated heterocycles. The summed E-state index contributed by atoms with van der Waals surface area (Å²) in [6.45, 7) is 4.99. The van der Waals surface area contributed by atoms with Gasteiger partial charge in [0.25, 0.3) is 11.5 Å². The van der Waals surface area contributed by atoms with Gasteiger partial charge in [-0.25, -0.2) is 14.5 Å². The van der Waals surface area contributed by atoms with Crippen molar-refractivity contribution >= 4 is 11.6 Å². The number of nitrogens with one attached hydrogen (secondary N) is 2. The van der Waals surface area contributed by atoms with Gasteiger partial charge in [-0.3, -0.25) is 14.7 Å². The summed E-state index contributed by atoms with van der Waals surface area (Å²) >= 11 is 0. The molecule has 0 atom stereocenters. The molecule has 2 N–H and O–H groups in total. The molecule has 0 spiro atoms. The van der Waals surface area contributed by atoms with Crippen molar-refractivity contribution in [2.75, 3.05) is 0 Å². The molecule has 0 saturated carbocycles. The van der Waals surface area contributed by atoms with Crippen LogP contribution in [0.4, 0.5) is 0 Å². The zero-order valence-corrected chi connectivity index (χ0v) is 13.0. The highest BCUT2D eigenvalue weighted by Crippen LogP contribution is 2.02. The van der Waals surface area contributed by atoms with E-state index >= 15 is 0 Å². The summed E-state index contributed by atoms with van der Waals surface area (Å²) in [6, 6.07) is 1.74. The standard InChI is InChI=1S/C15H18N6O2/c1-3-5-20-6-4-16-13(20)9-18-14(22)11-8-17-12-7-10(2)19-21(12)15(11)23/h4,6-8,19H,3,5,9H2,1-2H3,(H,18,22). The number of H-pyrrole nitrogens is 1. The largest absolute Gasteiger partial charge is 0.345 e. The molecule has 0 aliphatic rings. The summed E-state index contributed by atoms with van der Waals surface area (Å²) in [7, 11) is 0. The Morgan fingerprint density at radius 3 is 3.00 bits per heavy atom. The average Bonchev–Trinajstić information content (AvgIpc) is 3.12. The molecule has 3 aromatic rings. The maximum Gasteiger partial charge on any atom is 0.285 e. The van der Waals surface area contributed by atoms with E-state index in [9.17, 15) is 9.59 Å². The van der Waals surface area contributed by atoms with Crippen LogP contribution in [0.3, 0.4) is 0 Å². The van der Waals surface area contributed by atoms with E-state index in [0.29, 0.717) is 5.65 Å². The van der Waals surface area contributed by atoms with Gasteiger partial charge in [0.2, 0.25) is 0 Å². The molecule has 1 amide bonds. The molecule has 0 fully saturated rings. The zero-order chi connectivity index (χ0) is 16.4. The van der Waals surface area contributed by atoms with E-state index in [0.717, 1.165) is 24.5 Å². The number of nitrogens with zero attached hydrogens (tertiary/aromatic N) is 4. The fourth-order valence-electron chi connectivity index (χ4n) is 2.44. The van der Waals surface area contributed by atoms with Crippen LogP contribution < -0.4 is 10.9 Å². The molecule has 0 radical (unpaired) electrons. The monoisotopic (exact) mass is 314 g/mol. The van der Waals surface area contributed by atoms with Gasteiger partial charge in [0, 0.05) is 36.9 Å². The van der Waals surface area contributed by atoms with E-state index < -0.39 is 11.5 Å². The first-order valence-electron chi connectivity index (χ1n) is 7.45. The Bertz CT molecular complexity index is 904. The molecule has 0 aromatic carbocycles. The van der Waals surface area contributed by atoms with Crippen molar-refractivity contribution in [3.63, 3.8) is 0 Å². The molecule has 0 aliphatic heterocycles. The molecule has 3 aromatic heterocycles. The number of hydrogen-bond donors (Lipinski definition) is 2. The lowest BCUT2D eigenvalue weighted by Crippen LogP contribution is -2.32. The number of carbonyl (C=O) groups is 1. The van der Waals surface area contributed by atoms with Crippen molar-refractivity contribution in [3.05, 3.63) is 52.1 Å². The van der Waals surface area contributed by atoms with E-state index in [1.54, 1.807) is 12.3 Å². The van der Waals surface area contributed by atoms with Crippen LogP contribution in [0.15, 0.2) is 29.5 Å². The van der Waals surface area contributed by atoms with Crippen LogP contribution in [0.25, 0.3) is 5.65 Å². The second-order valence-electron chi connectivity index (χ2n) is 5.33. The molecule has 8 nitrogen and oxygen atoms in total. The van der Waals surface area contributed by atoms with Crippen LogP contribution >= 0.6 is 0 Å². The number of rotatable bonds is 5. The number of carbonyl (C=O) groups excluding carboxylic acids is 1. The Morgan fingerprint density at radius 1 is 1.39 bits per heavy atom. The van der Waals surface area contributed by atoms with Crippen molar-refractivity contribution in [2.24, 2.45) is 0 Å². The number of amides is 1.